The Kier molecular flexibility index (Phi) is 6.27. The summed E-state index contributed by atoms with van der Waals surface area (Å²) in [6.07, 6.45) is 2.56. The first-order valence-corrected chi connectivity index (χ1v) is 11.0. The number of ether oxygens (including phenoxy) is 2. The number of benzene rings is 2. The quantitative estimate of drug-likeness (QED) is 0.314. The van der Waals surface area contributed by atoms with E-state index in [0.717, 1.165) is 27.9 Å². The zero-order valence-corrected chi connectivity index (χ0v) is 18.5. The monoisotopic (exact) mass is 436 g/mol. The molecule has 2 aromatic carbocycles. The fraction of sp³-hybridized carbons (Fsp3) is 0.261. The summed E-state index contributed by atoms with van der Waals surface area (Å²) in [5.41, 5.74) is 2.84. The molecule has 0 aliphatic rings. The molecule has 0 saturated heterocycles. The minimum Gasteiger partial charge on any atom is -0.497 e. The van der Waals surface area contributed by atoms with Gasteiger partial charge in [-0.1, -0.05) is 36.9 Å². The van der Waals surface area contributed by atoms with E-state index in [9.17, 15) is 4.79 Å². The van der Waals surface area contributed by atoms with Crippen molar-refractivity contribution in [2.75, 3.05) is 13.7 Å². The molecule has 0 bridgehead atoms. The maximum atomic E-state index is 12.4. The first-order chi connectivity index (χ1) is 15.2. The first-order valence-electron chi connectivity index (χ1n) is 10.2. The van der Waals surface area contributed by atoms with Gasteiger partial charge in [0.15, 0.2) is 11.0 Å². The van der Waals surface area contributed by atoms with E-state index in [1.165, 1.54) is 11.8 Å². The SMILES string of the molecule is CCOC(=O)C(CC)Sc1nnc(-c2c[nH]c3ccccc23)n1-c1ccc(OC)cc1. The van der Waals surface area contributed by atoms with Crippen molar-refractivity contribution in [3.05, 3.63) is 54.7 Å². The van der Waals surface area contributed by atoms with Gasteiger partial charge in [0.25, 0.3) is 0 Å². The number of aromatic amines is 1. The van der Waals surface area contributed by atoms with Crippen LogP contribution in [0.2, 0.25) is 0 Å². The number of hydrogen-bond acceptors (Lipinski definition) is 6. The highest BCUT2D eigenvalue weighted by Crippen LogP contribution is 2.34. The van der Waals surface area contributed by atoms with E-state index in [4.69, 9.17) is 9.47 Å². The van der Waals surface area contributed by atoms with Crippen LogP contribution in [0.1, 0.15) is 20.3 Å². The maximum Gasteiger partial charge on any atom is 0.319 e. The fourth-order valence-electron chi connectivity index (χ4n) is 3.40. The van der Waals surface area contributed by atoms with Crippen molar-refractivity contribution in [3.8, 4) is 22.8 Å². The molecular weight excluding hydrogens is 412 g/mol. The third-order valence-electron chi connectivity index (χ3n) is 4.96. The topological polar surface area (TPSA) is 82.0 Å². The number of esters is 1. The highest BCUT2D eigenvalue weighted by Gasteiger charge is 2.25. The summed E-state index contributed by atoms with van der Waals surface area (Å²) in [6.45, 7) is 4.12. The molecule has 160 valence electrons. The zero-order valence-electron chi connectivity index (χ0n) is 17.7. The Bertz CT molecular complexity index is 1180. The van der Waals surface area contributed by atoms with Crippen molar-refractivity contribution in [3.63, 3.8) is 0 Å². The standard InChI is InChI=1S/C23H24N4O3S/c1-4-20(22(28)30-5-2)31-23-26-25-21(18-14-24-19-9-7-6-8-17(18)19)27(23)15-10-12-16(29-3)13-11-15/h6-14,20,24H,4-5H2,1-3H3. The molecule has 4 aromatic rings. The lowest BCUT2D eigenvalue weighted by atomic mass is 10.1. The smallest absolute Gasteiger partial charge is 0.319 e. The molecule has 1 N–H and O–H groups in total. The van der Waals surface area contributed by atoms with Gasteiger partial charge in [-0.15, -0.1) is 10.2 Å². The lowest BCUT2D eigenvalue weighted by Gasteiger charge is -2.15. The van der Waals surface area contributed by atoms with Gasteiger partial charge in [0.1, 0.15) is 11.0 Å². The molecule has 4 rings (SSSR count). The molecule has 0 aliphatic carbocycles. The second-order valence-electron chi connectivity index (χ2n) is 6.85. The number of rotatable bonds is 8. The summed E-state index contributed by atoms with van der Waals surface area (Å²) < 4.78 is 12.5. The summed E-state index contributed by atoms with van der Waals surface area (Å²) in [5, 5.41) is 10.3. The number of methoxy groups -OCH3 is 1. The van der Waals surface area contributed by atoms with Crippen LogP contribution in [-0.4, -0.2) is 44.7 Å². The van der Waals surface area contributed by atoms with Crippen molar-refractivity contribution in [1.82, 2.24) is 19.7 Å². The number of carbonyl (C=O) groups is 1. The number of carbonyl (C=O) groups excluding carboxylic acids is 1. The lowest BCUT2D eigenvalue weighted by Crippen LogP contribution is -2.20. The Morgan fingerprint density at radius 3 is 2.61 bits per heavy atom. The number of para-hydroxylation sites is 1. The van der Waals surface area contributed by atoms with Crippen molar-refractivity contribution in [1.29, 1.82) is 0 Å². The second-order valence-corrected chi connectivity index (χ2v) is 8.02. The minimum absolute atomic E-state index is 0.243. The molecule has 0 amide bonds. The number of aromatic nitrogens is 4. The van der Waals surface area contributed by atoms with Crippen molar-refractivity contribution >= 4 is 28.6 Å². The Balaban J connectivity index is 1.83. The predicted molar refractivity (Wildman–Crippen MR) is 122 cm³/mol. The van der Waals surface area contributed by atoms with Crippen LogP contribution in [0.15, 0.2) is 59.9 Å². The number of fused-ring (bicyclic) bond motifs is 1. The summed E-state index contributed by atoms with van der Waals surface area (Å²) in [4.78, 5) is 15.7. The highest BCUT2D eigenvalue weighted by atomic mass is 32.2. The van der Waals surface area contributed by atoms with Crippen molar-refractivity contribution in [2.24, 2.45) is 0 Å². The molecule has 2 heterocycles. The van der Waals surface area contributed by atoms with Crippen LogP contribution in [0, 0.1) is 0 Å². The molecule has 0 spiro atoms. The molecule has 0 fully saturated rings. The van der Waals surface area contributed by atoms with Gasteiger partial charge >= 0.3 is 5.97 Å². The number of thioether (sulfide) groups is 1. The van der Waals surface area contributed by atoms with Crippen LogP contribution in [0.5, 0.6) is 5.75 Å². The molecule has 2 aromatic heterocycles. The van der Waals surface area contributed by atoms with E-state index in [1.54, 1.807) is 7.11 Å². The molecule has 0 aliphatic heterocycles. The third-order valence-corrected chi connectivity index (χ3v) is 6.25. The van der Waals surface area contributed by atoms with E-state index < -0.39 is 0 Å². The van der Waals surface area contributed by atoms with E-state index in [1.807, 2.05) is 67.1 Å². The van der Waals surface area contributed by atoms with Gasteiger partial charge in [-0.05, 0) is 43.7 Å². The van der Waals surface area contributed by atoms with Crippen molar-refractivity contribution < 1.29 is 14.3 Å². The molecule has 31 heavy (non-hydrogen) atoms. The van der Waals surface area contributed by atoms with Crippen LogP contribution < -0.4 is 4.74 Å². The van der Waals surface area contributed by atoms with Crippen molar-refractivity contribution in [2.45, 2.75) is 30.7 Å². The number of nitrogens with one attached hydrogen (secondary N) is 1. The molecule has 1 unspecified atom stereocenters. The number of H-pyrrole nitrogens is 1. The maximum absolute atomic E-state index is 12.4. The summed E-state index contributed by atoms with van der Waals surface area (Å²) in [7, 11) is 1.64. The lowest BCUT2D eigenvalue weighted by molar-refractivity contribution is -0.142. The summed E-state index contributed by atoms with van der Waals surface area (Å²) >= 11 is 1.37. The van der Waals surface area contributed by atoms with Gasteiger partial charge in [-0.2, -0.15) is 0 Å². The zero-order chi connectivity index (χ0) is 21.8. The van der Waals surface area contributed by atoms with Crippen LogP contribution in [0.4, 0.5) is 0 Å². The van der Waals surface area contributed by atoms with E-state index in [2.05, 4.69) is 21.2 Å². The molecular formula is C23H24N4O3S. The second kappa shape index (κ2) is 9.26. The third kappa shape index (κ3) is 4.16. The Labute approximate surface area is 184 Å². The van der Waals surface area contributed by atoms with E-state index >= 15 is 0 Å². The van der Waals surface area contributed by atoms with Crippen LogP contribution in [-0.2, 0) is 9.53 Å². The van der Waals surface area contributed by atoms with Gasteiger partial charge in [0.05, 0.1) is 13.7 Å². The van der Waals surface area contributed by atoms with Gasteiger partial charge in [0.2, 0.25) is 0 Å². The molecule has 8 heteroatoms. The Morgan fingerprint density at radius 1 is 1.13 bits per heavy atom. The predicted octanol–water partition coefficient (Wildman–Crippen LogP) is 4.86. The van der Waals surface area contributed by atoms with Gasteiger partial charge in [-0.3, -0.25) is 9.36 Å². The average molecular weight is 437 g/mol. The molecule has 7 nitrogen and oxygen atoms in total. The van der Waals surface area contributed by atoms with Crippen LogP contribution >= 0.6 is 11.8 Å². The molecule has 0 radical (unpaired) electrons. The van der Waals surface area contributed by atoms with Gasteiger partial charge in [-0.25, -0.2) is 0 Å². The Morgan fingerprint density at radius 2 is 1.90 bits per heavy atom. The summed E-state index contributed by atoms with van der Waals surface area (Å²) in [6, 6.07) is 15.8. The van der Waals surface area contributed by atoms with Crippen LogP contribution in [0.3, 0.4) is 0 Å². The van der Waals surface area contributed by atoms with Gasteiger partial charge < -0.3 is 14.5 Å². The largest absolute Gasteiger partial charge is 0.497 e. The molecule has 0 saturated carbocycles. The number of nitrogens with zero attached hydrogens (tertiary/aromatic N) is 3. The van der Waals surface area contributed by atoms with E-state index in [0.29, 0.717) is 24.0 Å². The number of hydrogen-bond donors (Lipinski definition) is 1. The average Bonchev–Trinajstić information content (AvgIpc) is 3.41. The van der Waals surface area contributed by atoms with Gasteiger partial charge in [0, 0.05) is 28.4 Å². The fourth-order valence-corrected chi connectivity index (χ4v) is 4.37. The minimum atomic E-state index is -0.364. The van der Waals surface area contributed by atoms with E-state index in [-0.39, 0.29) is 11.2 Å². The summed E-state index contributed by atoms with van der Waals surface area (Å²) in [5.74, 6) is 1.22. The first kappa shape index (κ1) is 21.0. The Hall–Kier alpha value is -3.26. The normalized spacial score (nSPS) is 12.1. The molecule has 1 atom stereocenters. The highest BCUT2D eigenvalue weighted by molar-refractivity contribution is 8.00. The van der Waals surface area contributed by atoms with Crippen LogP contribution in [0.25, 0.3) is 28.0 Å².